The first-order chi connectivity index (χ1) is 11.2. The van der Waals surface area contributed by atoms with Crippen molar-refractivity contribution < 1.29 is 9.53 Å². The molecule has 0 bridgehead atoms. The zero-order chi connectivity index (χ0) is 16.2. The van der Waals surface area contributed by atoms with E-state index in [9.17, 15) is 4.79 Å². The molecule has 0 fully saturated rings. The summed E-state index contributed by atoms with van der Waals surface area (Å²) in [5.74, 6) is 0. The number of aryl methyl sites for hydroxylation is 1. The molecule has 0 spiro atoms. The Morgan fingerprint density at radius 2 is 2.26 bits per heavy atom. The summed E-state index contributed by atoms with van der Waals surface area (Å²) in [5, 5.41) is 0. The van der Waals surface area contributed by atoms with Crippen molar-refractivity contribution in [3.05, 3.63) is 53.3 Å². The Hall–Kier alpha value is -2.04. The van der Waals surface area contributed by atoms with Gasteiger partial charge in [0.25, 0.3) is 0 Å². The molecule has 1 aliphatic rings. The van der Waals surface area contributed by atoms with Gasteiger partial charge in [-0.15, -0.1) is 0 Å². The third kappa shape index (κ3) is 3.19. The molecule has 0 saturated heterocycles. The van der Waals surface area contributed by atoms with Crippen molar-refractivity contribution in [2.75, 3.05) is 20.3 Å². The number of ether oxygens (including phenoxy) is 1. The lowest BCUT2D eigenvalue weighted by atomic mass is 9.94. The van der Waals surface area contributed by atoms with Gasteiger partial charge in [0.2, 0.25) is 0 Å². The molecule has 0 amide bonds. The normalized spacial score (nSPS) is 17.2. The van der Waals surface area contributed by atoms with Crippen LogP contribution in [-0.4, -0.2) is 36.4 Å². The molecule has 1 unspecified atom stereocenters. The summed E-state index contributed by atoms with van der Waals surface area (Å²) in [5.41, 5.74) is 5.87. The van der Waals surface area contributed by atoms with E-state index in [1.807, 2.05) is 12.3 Å². The molecule has 4 heteroatoms. The molecule has 120 valence electrons. The van der Waals surface area contributed by atoms with Crippen LogP contribution in [0.15, 0.2) is 36.7 Å². The molecule has 2 aromatic rings. The number of hydrogen-bond acceptors (Lipinski definition) is 4. The highest BCUT2D eigenvalue weighted by molar-refractivity contribution is 5.71. The molecule has 1 aromatic heterocycles. The molecular formula is C19H22N2O2. The van der Waals surface area contributed by atoms with Crippen LogP contribution in [0, 0.1) is 6.92 Å². The lowest BCUT2D eigenvalue weighted by Crippen LogP contribution is -2.25. The van der Waals surface area contributed by atoms with Gasteiger partial charge in [0.1, 0.15) is 6.29 Å². The number of methoxy groups -OCH3 is 1. The second-order valence-electron chi connectivity index (χ2n) is 6.01. The molecule has 3 rings (SSSR count). The SMILES string of the molecule is COCCCN1Cc2cc(-c3cccnc3)cc(C)c2C1C=O. The van der Waals surface area contributed by atoms with E-state index in [2.05, 4.69) is 35.0 Å². The molecule has 0 saturated carbocycles. The van der Waals surface area contributed by atoms with Crippen LogP contribution in [0.1, 0.15) is 29.2 Å². The lowest BCUT2D eigenvalue weighted by molar-refractivity contribution is -0.112. The van der Waals surface area contributed by atoms with Gasteiger partial charge in [0.05, 0.1) is 6.04 Å². The predicted octanol–water partition coefficient (Wildman–Crippen LogP) is 3.15. The summed E-state index contributed by atoms with van der Waals surface area (Å²) in [7, 11) is 1.71. The average Bonchev–Trinajstić information content (AvgIpc) is 2.94. The van der Waals surface area contributed by atoms with Crippen LogP contribution < -0.4 is 0 Å². The molecule has 4 nitrogen and oxygen atoms in total. The molecule has 23 heavy (non-hydrogen) atoms. The number of carbonyl (C=O) groups excluding carboxylic acids is 1. The summed E-state index contributed by atoms with van der Waals surface area (Å²) in [6.45, 7) is 4.50. The first-order valence-electron chi connectivity index (χ1n) is 7.96. The van der Waals surface area contributed by atoms with Gasteiger partial charge in [-0.3, -0.25) is 9.88 Å². The Bertz CT molecular complexity index is 685. The van der Waals surface area contributed by atoms with Crippen LogP contribution in [-0.2, 0) is 16.1 Å². The maximum atomic E-state index is 11.6. The molecule has 0 radical (unpaired) electrons. The van der Waals surface area contributed by atoms with Gasteiger partial charge in [0.15, 0.2) is 0 Å². The number of aromatic nitrogens is 1. The van der Waals surface area contributed by atoms with Crippen LogP contribution in [0.2, 0.25) is 0 Å². The highest BCUT2D eigenvalue weighted by Crippen LogP contribution is 2.37. The predicted molar refractivity (Wildman–Crippen MR) is 90.1 cm³/mol. The number of benzene rings is 1. The third-order valence-electron chi connectivity index (χ3n) is 4.45. The van der Waals surface area contributed by atoms with Gasteiger partial charge < -0.3 is 9.53 Å². The standard InChI is InChI=1S/C19H22N2O2/c1-14-9-16(15-5-3-6-20-11-15)10-17-12-21(7-4-8-23-2)18(13-22)19(14)17/h3,5-6,9-11,13,18H,4,7-8,12H2,1-2H3. The first-order valence-corrected chi connectivity index (χ1v) is 7.96. The van der Waals surface area contributed by atoms with Crippen molar-refractivity contribution in [1.82, 2.24) is 9.88 Å². The van der Waals surface area contributed by atoms with E-state index in [1.165, 1.54) is 16.7 Å². The Balaban J connectivity index is 1.91. The van der Waals surface area contributed by atoms with E-state index in [4.69, 9.17) is 4.74 Å². The van der Waals surface area contributed by atoms with Gasteiger partial charge in [-0.1, -0.05) is 12.1 Å². The number of carbonyl (C=O) groups is 1. The Kier molecular flexibility index (Phi) is 4.84. The fraction of sp³-hybridized carbons (Fsp3) is 0.368. The van der Waals surface area contributed by atoms with Crippen molar-refractivity contribution in [3.63, 3.8) is 0 Å². The first kappa shape index (κ1) is 15.8. The van der Waals surface area contributed by atoms with Crippen LogP contribution in [0.25, 0.3) is 11.1 Å². The van der Waals surface area contributed by atoms with Crippen molar-refractivity contribution in [2.45, 2.75) is 25.9 Å². The van der Waals surface area contributed by atoms with E-state index < -0.39 is 0 Å². The van der Waals surface area contributed by atoms with Crippen LogP contribution in [0.4, 0.5) is 0 Å². The minimum absolute atomic E-state index is 0.134. The van der Waals surface area contributed by atoms with Crippen molar-refractivity contribution >= 4 is 6.29 Å². The largest absolute Gasteiger partial charge is 0.385 e. The Morgan fingerprint density at radius 3 is 2.96 bits per heavy atom. The minimum Gasteiger partial charge on any atom is -0.385 e. The second kappa shape index (κ2) is 7.02. The van der Waals surface area contributed by atoms with Gasteiger partial charge in [-0.2, -0.15) is 0 Å². The number of rotatable bonds is 6. The van der Waals surface area contributed by atoms with Crippen molar-refractivity contribution in [1.29, 1.82) is 0 Å². The molecule has 0 N–H and O–H groups in total. The lowest BCUT2D eigenvalue weighted by Gasteiger charge is -2.20. The highest BCUT2D eigenvalue weighted by Gasteiger charge is 2.31. The van der Waals surface area contributed by atoms with Crippen LogP contribution in [0.3, 0.4) is 0 Å². The van der Waals surface area contributed by atoms with Gasteiger partial charge in [0, 0.05) is 44.8 Å². The van der Waals surface area contributed by atoms with E-state index >= 15 is 0 Å². The molecular weight excluding hydrogens is 288 g/mol. The molecule has 1 aliphatic heterocycles. The quantitative estimate of drug-likeness (QED) is 0.607. The zero-order valence-corrected chi connectivity index (χ0v) is 13.7. The van der Waals surface area contributed by atoms with Gasteiger partial charge in [-0.05, 0) is 47.7 Å². The molecule has 1 aromatic carbocycles. The Morgan fingerprint density at radius 1 is 1.39 bits per heavy atom. The monoisotopic (exact) mass is 310 g/mol. The van der Waals surface area contributed by atoms with E-state index in [-0.39, 0.29) is 6.04 Å². The molecule has 0 aliphatic carbocycles. The molecule has 2 heterocycles. The summed E-state index contributed by atoms with van der Waals surface area (Å²) in [4.78, 5) is 18.1. The minimum atomic E-state index is -0.134. The van der Waals surface area contributed by atoms with Crippen LogP contribution in [0.5, 0.6) is 0 Å². The second-order valence-corrected chi connectivity index (χ2v) is 6.01. The highest BCUT2D eigenvalue weighted by atomic mass is 16.5. The fourth-order valence-corrected chi connectivity index (χ4v) is 3.41. The average molecular weight is 310 g/mol. The van der Waals surface area contributed by atoms with Crippen molar-refractivity contribution in [2.24, 2.45) is 0 Å². The maximum absolute atomic E-state index is 11.6. The molecule has 1 atom stereocenters. The van der Waals surface area contributed by atoms with Crippen LogP contribution >= 0.6 is 0 Å². The van der Waals surface area contributed by atoms with E-state index in [0.717, 1.165) is 43.5 Å². The third-order valence-corrected chi connectivity index (χ3v) is 4.45. The topological polar surface area (TPSA) is 42.4 Å². The summed E-state index contributed by atoms with van der Waals surface area (Å²) in [6, 6.07) is 8.24. The smallest absolute Gasteiger partial charge is 0.141 e. The van der Waals surface area contributed by atoms with E-state index in [1.54, 1.807) is 13.3 Å². The van der Waals surface area contributed by atoms with Gasteiger partial charge in [-0.25, -0.2) is 0 Å². The zero-order valence-electron chi connectivity index (χ0n) is 13.7. The van der Waals surface area contributed by atoms with Gasteiger partial charge >= 0.3 is 0 Å². The maximum Gasteiger partial charge on any atom is 0.141 e. The van der Waals surface area contributed by atoms with Crippen molar-refractivity contribution in [3.8, 4) is 11.1 Å². The number of nitrogens with zero attached hydrogens (tertiary/aromatic N) is 2. The van der Waals surface area contributed by atoms with E-state index in [0.29, 0.717) is 0 Å². The summed E-state index contributed by atoms with van der Waals surface area (Å²) in [6.07, 6.45) is 5.66. The Labute approximate surface area is 137 Å². The fourth-order valence-electron chi connectivity index (χ4n) is 3.41. The number of hydrogen-bond donors (Lipinski definition) is 0. The number of aldehydes is 1. The number of pyridine rings is 1. The number of fused-ring (bicyclic) bond motifs is 1. The summed E-state index contributed by atoms with van der Waals surface area (Å²) >= 11 is 0. The summed E-state index contributed by atoms with van der Waals surface area (Å²) < 4.78 is 5.13.